The molecule has 0 atom stereocenters. The number of aromatic nitrogens is 1. The highest BCUT2D eigenvalue weighted by atomic mass is 32.2. The van der Waals surface area contributed by atoms with Crippen LogP contribution in [0.1, 0.15) is 16.7 Å². The number of aliphatic imine (C=N–C) groups is 1. The van der Waals surface area contributed by atoms with Crippen LogP contribution in [-0.2, 0) is 11.3 Å². The van der Waals surface area contributed by atoms with Crippen molar-refractivity contribution in [1.82, 2.24) is 9.47 Å². The molecule has 28 heavy (non-hydrogen) atoms. The van der Waals surface area contributed by atoms with Gasteiger partial charge in [0.1, 0.15) is 0 Å². The van der Waals surface area contributed by atoms with E-state index in [1.54, 1.807) is 19.0 Å². The smallest absolute Gasteiger partial charge is 0.266 e. The summed E-state index contributed by atoms with van der Waals surface area (Å²) < 4.78 is 2.13. The lowest BCUT2D eigenvalue weighted by Crippen LogP contribution is -2.23. The van der Waals surface area contributed by atoms with Gasteiger partial charge in [0.05, 0.1) is 16.5 Å². The van der Waals surface area contributed by atoms with E-state index < -0.39 is 0 Å². The van der Waals surface area contributed by atoms with Gasteiger partial charge in [-0.05, 0) is 35.5 Å². The van der Waals surface area contributed by atoms with Gasteiger partial charge in [0.25, 0.3) is 5.91 Å². The summed E-state index contributed by atoms with van der Waals surface area (Å²) >= 11 is 1.38. The van der Waals surface area contributed by atoms with E-state index in [0.29, 0.717) is 22.2 Å². The quantitative estimate of drug-likeness (QED) is 0.637. The molecule has 0 saturated carbocycles. The molecule has 1 saturated heterocycles. The van der Waals surface area contributed by atoms with Gasteiger partial charge in [0.15, 0.2) is 5.17 Å². The number of carbonyl (C=O) groups excluding carboxylic acids is 1. The Balaban J connectivity index is 1.79. The van der Waals surface area contributed by atoms with Crippen LogP contribution < -0.4 is 0 Å². The first-order valence-electron chi connectivity index (χ1n) is 8.82. The number of thioether (sulfide) groups is 1. The minimum absolute atomic E-state index is 0.0442. The van der Waals surface area contributed by atoms with Crippen molar-refractivity contribution in [3.63, 3.8) is 0 Å². The third-order valence-electron chi connectivity index (χ3n) is 4.78. The second-order valence-corrected chi connectivity index (χ2v) is 7.49. The Morgan fingerprint density at radius 1 is 1.18 bits per heavy atom. The summed E-state index contributed by atoms with van der Waals surface area (Å²) in [5.74, 6) is -0.0442. The summed E-state index contributed by atoms with van der Waals surface area (Å²) in [6.07, 6.45) is 3.97. The number of amides is 1. The Bertz CT molecular complexity index is 1180. The monoisotopic (exact) mass is 386 g/mol. The molecule has 1 aliphatic rings. The lowest BCUT2D eigenvalue weighted by atomic mass is 10.1. The summed E-state index contributed by atoms with van der Waals surface area (Å²) in [6, 6.07) is 18.0. The number of nitriles is 1. The predicted molar refractivity (Wildman–Crippen MR) is 114 cm³/mol. The molecule has 0 spiro atoms. The van der Waals surface area contributed by atoms with Gasteiger partial charge in [-0.3, -0.25) is 14.7 Å². The van der Waals surface area contributed by atoms with Crippen molar-refractivity contribution in [2.45, 2.75) is 6.54 Å². The molecule has 0 bridgehead atoms. The molecular weight excluding hydrogens is 368 g/mol. The van der Waals surface area contributed by atoms with Gasteiger partial charge in [0, 0.05) is 43.3 Å². The standard InChI is InChI=1S/C22H18N4OS/c1-24-22-25(2)21(27)20(28-22)11-17-14-26(19-10-6-5-9-18(17)19)13-16-8-4-3-7-15(16)12-23/h3-11,14H,13H2,1-2H3/b20-11+,24-22?. The fourth-order valence-corrected chi connectivity index (χ4v) is 4.28. The number of nitrogens with zero attached hydrogens (tertiary/aromatic N) is 4. The Hall–Kier alpha value is -3.30. The third kappa shape index (κ3) is 3.10. The number of para-hydroxylation sites is 1. The van der Waals surface area contributed by atoms with Gasteiger partial charge < -0.3 is 4.57 Å². The van der Waals surface area contributed by atoms with Gasteiger partial charge >= 0.3 is 0 Å². The summed E-state index contributed by atoms with van der Waals surface area (Å²) in [4.78, 5) is 18.9. The molecule has 0 N–H and O–H groups in total. The maximum Gasteiger partial charge on any atom is 0.266 e. The Labute approximate surface area is 167 Å². The first-order valence-corrected chi connectivity index (χ1v) is 9.64. The van der Waals surface area contributed by atoms with E-state index in [-0.39, 0.29) is 5.91 Å². The zero-order valence-electron chi connectivity index (χ0n) is 15.6. The second-order valence-electron chi connectivity index (χ2n) is 6.48. The minimum atomic E-state index is -0.0442. The fraction of sp³-hybridized carbons (Fsp3) is 0.136. The lowest BCUT2D eigenvalue weighted by molar-refractivity contribution is -0.121. The molecule has 0 unspecified atom stereocenters. The summed E-state index contributed by atoms with van der Waals surface area (Å²) in [6.45, 7) is 0.593. The van der Waals surface area contributed by atoms with Crippen LogP contribution in [0.3, 0.4) is 0 Å². The highest BCUT2D eigenvalue weighted by molar-refractivity contribution is 8.18. The molecule has 3 aromatic rings. The molecule has 2 heterocycles. The van der Waals surface area contributed by atoms with E-state index >= 15 is 0 Å². The normalized spacial score (nSPS) is 17.0. The zero-order chi connectivity index (χ0) is 19.7. The molecule has 1 aromatic heterocycles. The van der Waals surface area contributed by atoms with E-state index in [9.17, 15) is 10.1 Å². The highest BCUT2D eigenvalue weighted by Crippen LogP contribution is 2.33. The van der Waals surface area contributed by atoms with E-state index in [0.717, 1.165) is 22.0 Å². The molecule has 0 radical (unpaired) electrons. The van der Waals surface area contributed by atoms with Gasteiger partial charge in [0.2, 0.25) is 0 Å². The maximum atomic E-state index is 12.5. The van der Waals surface area contributed by atoms with Crippen molar-refractivity contribution >= 4 is 39.8 Å². The fourth-order valence-electron chi connectivity index (χ4n) is 3.36. The predicted octanol–water partition coefficient (Wildman–Crippen LogP) is 4.09. The molecule has 6 heteroatoms. The number of fused-ring (bicyclic) bond motifs is 1. The second kappa shape index (κ2) is 7.37. The molecule has 0 aliphatic carbocycles. The van der Waals surface area contributed by atoms with Crippen LogP contribution in [0.4, 0.5) is 0 Å². The maximum absolute atomic E-state index is 12.5. The Kier molecular flexibility index (Phi) is 4.76. The number of benzene rings is 2. The average molecular weight is 386 g/mol. The van der Waals surface area contributed by atoms with Crippen molar-refractivity contribution < 1.29 is 4.79 Å². The van der Waals surface area contributed by atoms with Crippen LogP contribution in [0.2, 0.25) is 0 Å². The molecule has 4 rings (SSSR count). The molecule has 2 aromatic carbocycles. The third-order valence-corrected chi connectivity index (χ3v) is 5.93. The van der Waals surface area contributed by atoms with Crippen LogP contribution in [0, 0.1) is 11.3 Å². The summed E-state index contributed by atoms with van der Waals surface area (Å²) in [5, 5.41) is 11.2. The van der Waals surface area contributed by atoms with Crippen molar-refractivity contribution in [3.05, 3.63) is 76.3 Å². The van der Waals surface area contributed by atoms with E-state index in [2.05, 4.69) is 27.8 Å². The lowest BCUT2D eigenvalue weighted by Gasteiger charge is -2.07. The SMILES string of the molecule is CN=C1S/C(=C/c2cn(Cc3ccccc3C#N)c3ccccc23)C(=O)N1C. The molecular formula is C22H18N4OS. The minimum Gasteiger partial charge on any atom is -0.342 e. The van der Waals surface area contributed by atoms with Crippen LogP contribution in [-0.4, -0.2) is 34.6 Å². The van der Waals surface area contributed by atoms with Crippen LogP contribution in [0.5, 0.6) is 0 Å². The van der Waals surface area contributed by atoms with Crippen LogP contribution >= 0.6 is 11.8 Å². The Morgan fingerprint density at radius 3 is 2.68 bits per heavy atom. The number of carbonyl (C=O) groups is 1. The number of likely N-dealkylation sites (N-methyl/N-ethyl adjacent to an activating group) is 1. The van der Waals surface area contributed by atoms with E-state index in [4.69, 9.17) is 0 Å². The number of amidine groups is 1. The number of hydrogen-bond acceptors (Lipinski definition) is 4. The summed E-state index contributed by atoms with van der Waals surface area (Å²) in [5.41, 5.74) is 3.69. The van der Waals surface area contributed by atoms with Crippen molar-refractivity contribution in [2.75, 3.05) is 14.1 Å². The average Bonchev–Trinajstić information content (AvgIpc) is 3.21. The van der Waals surface area contributed by atoms with Crippen molar-refractivity contribution in [2.24, 2.45) is 4.99 Å². The van der Waals surface area contributed by atoms with Crippen LogP contribution in [0.15, 0.2) is 64.6 Å². The van der Waals surface area contributed by atoms with Crippen molar-refractivity contribution in [1.29, 1.82) is 5.26 Å². The van der Waals surface area contributed by atoms with Gasteiger partial charge in [-0.25, -0.2) is 0 Å². The Morgan fingerprint density at radius 2 is 1.93 bits per heavy atom. The van der Waals surface area contributed by atoms with E-state index in [1.807, 2.05) is 48.7 Å². The molecule has 138 valence electrons. The van der Waals surface area contributed by atoms with Gasteiger partial charge in [-0.15, -0.1) is 0 Å². The molecule has 5 nitrogen and oxygen atoms in total. The molecule has 1 amide bonds. The number of rotatable bonds is 3. The van der Waals surface area contributed by atoms with Crippen LogP contribution in [0.25, 0.3) is 17.0 Å². The summed E-state index contributed by atoms with van der Waals surface area (Å²) in [7, 11) is 3.42. The number of hydrogen-bond donors (Lipinski definition) is 0. The topological polar surface area (TPSA) is 61.4 Å². The van der Waals surface area contributed by atoms with Gasteiger partial charge in [-0.2, -0.15) is 5.26 Å². The largest absolute Gasteiger partial charge is 0.342 e. The van der Waals surface area contributed by atoms with Crippen molar-refractivity contribution in [3.8, 4) is 6.07 Å². The van der Waals surface area contributed by atoms with Gasteiger partial charge in [-0.1, -0.05) is 36.4 Å². The molecule has 1 aliphatic heterocycles. The molecule has 1 fully saturated rings. The first kappa shape index (κ1) is 18.1. The highest BCUT2D eigenvalue weighted by Gasteiger charge is 2.30. The first-order chi connectivity index (χ1) is 13.6. The zero-order valence-corrected chi connectivity index (χ0v) is 16.4. The van der Waals surface area contributed by atoms with E-state index in [1.165, 1.54) is 11.8 Å².